The number of ether oxygens (including phenoxy) is 1. The maximum absolute atomic E-state index is 14.6. The second-order valence-corrected chi connectivity index (χ2v) is 7.36. The summed E-state index contributed by atoms with van der Waals surface area (Å²) in [6.45, 7) is 2.09. The molecule has 3 rings (SSSR count). The van der Waals surface area contributed by atoms with E-state index in [1.165, 1.54) is 24.3 Å². The molecule has 0 atom stereocenters. The SMILES string of the molecule is CCCCCCc1ccc(-c2ccc(-c3ccc(OC(F)(F)F)cc3)cc2)c(F)c1F. The fourth-order valence-corrected chi connectivity index (χ4v) is 3.44. The summed E-state index contributed by atoms with van der Waals surface area (Å²) in [5.41, 5.74) is 2.49. The van der Waals surface area contributed by atoms with Crippen molar-refractivity contribution in [3.63, 3.8) is 0 Å². The molecule has 0 saturated carbocycles. The minimum absolute atomic E-state index is 0.176. The van der Waals surface area contributed by atoms with Gasteiger partial charge in [-0.15, -0.1) is 13.2 Å². The Morgan fingerprint density at radius 3 is 1.84 bits per heavy atom. The highest BCUT2D eigenvalue weighted by molar-refractivity contribution is 5.71. The van der Waals surface area contributed by atoms with E-state index in [9.17, 15) is 22.0 Å². The molecule has 1 nitrogen and oxygen atoms in total. The number of hydrogen-bond donors (Lipinski definition) is 0. The van der Waals surface area contributed by atoms with Crippen molar-refractivity contribution in [1.82, 2.24) is 0 Å². The number of aryl methyl sites for hydroxylation is 1. The smallest absolute Gasteiger partial charge is 0.406 e. The summed E-state index contributed by atoms with van der Waals surface area (Å²) in [7, 11) is 0. The van der Waals surface area contributed by atoms with E-state index in [0.29, 0.717) is 23.1 Å². The zero-order valence-corrected chi connectivity index (χ0v) is 17.1. The number of rotatable bonds is 8. The Kier molecular flexibility index (Phi) is 7.31. The van der Waals surface area contributed by atoms with Crippen LogP contribution in [0.4, 0.5) is 22.0 Å². The number of unbranched alkanes of at least 4 members (excludes halogenated alkanes) is 3. The van der Waals surface area contributed by atoms with E-state index in [4.69, 9.17) is 0 Å². The largest absolute Gasteiger partial charge is 0.573 e. The second-order valence-electron chi connectivity index (χ2n) is 7.36. The molecular weight excluding hydrogens is 411 g/mol. The first-order chi connectivity index (χ1) is 14.8. The molecule has 0 aliphatic heterocycles. The average Bonchev–Trinajstić information content (AvgIpc) is 2.74. The van der Waals surface area contributed by atoms with Crippen LogP contribution in [-0.2, 0) is 6.42 Å². The lowest BCUT2D eigenvalue weighted by atomic mass is 9.97. The van der Waals surface area contributed by atoms with E-state index in [1.807, 2.05) is 0 Å². The van der Waals surface area contributed by atoms with Crippen LogP contribution in [0.2, 0.25) is 0 Å². The van der Waals surface area contributed by atoms with Crippen molar-refractivity contribution in [2.75, 3.05) is 0 Å². The van der Waals surface area contributed by atoms with Crippen molar-refractivity contribution in [3.05, 3.63) is 77.9 Å². The third-order valence-electron chi connectivity index (χ3n) is 5.08. The number of benzene rings is 3. The highest BCUT2D eigenvalue weighted by Gasteiger charge is 2.30. The minimum atomic E-state index is -4.74. The highest BCUT2D eigenvalue weighted by atomic mass is 19.4. The Morgan fingerprint density at radius 1 is 0.677 bits per heavy atom. The highest BCUT2D eigenvalue weighted by Crippen LogP contribution is 2.31. The van der Waals surface area contributed by atoms with Crippen LogP contribution < -0.4 is 4.74 Å². The summed E-state index contributed by atoms with van der Waals surface area (Å²) >= 11 is 0. The molecule has 0 spiro atoms. The van der Waals surface area contributed by atoms with Gasteiger partial charge in [0.2, 0.25) is 0 Å². The Labute approximate surface area is 178 Å². The normalized spacial score (nSPS) is 11.5. The first-order valence-corrected chi connectivity index (χ1v) is 10.2. The molecule has 3 aromatic carbocycles. The fourth-order valence-electron chi connectivity index (χ4n) is 3.44. The Hall–Kier alpha value is -2.89. The monoisotopic (exact) mass is 434 g/mol. The van der Waals surface area contributed by atoms with Gasteiger partial charge < -0.3 is 4.74 Å². The number of hydrogen-bond acceptors (Lipinski definition) is 1. The van der Waals surface area contributed by atoms with Crippen LogP contribution in [0.15, 0.2) is 60.7 Å². The lowest BCUT2D eigenvalue weighted by Gasteiger charge is -2.11. The molecule has 0 amide bonds. The Balaban J connectivity index is 1.74. The molecule has 31 heavy (non-hydrogen) atoms. The molecule has 0 aliphatic rings. The topological polar surface area (TPSA) is 9.23 Å². The van der Waals surface area contributed by atoms with Crippen molar-refractivity contribution < 1.29 is 26.7 Å². The summed E-state index contributed by atoms with van der Waals surface area (Å²) in [5.74, 6) is -1.98. The van der Waals surface area contributed by atoms with E-state index >= 15 is 0 Å². The molecule has 0 fully saturated rings. The van der Waals surface area contributed by atoms with Crippen LogP contribution in [0.5, 0.6) is 5.75 Å². The first kappa shape index (κ1) is 22.8. The third-order valence-corrected chi connectivity index (χ3v) is 5.08. The molecule has 0 bridgehead atoms. The van der Waals surface area contributed by atoms with Gasteiger partial charge in [0.25, 0.3) is 0 Å². The van der Waals surface area contributed by atoms with E-state index in [1.54, 1.807) is 36.4 Å². The van der Waals surface area contributed by atoms with E-state index < -0.39 is 18.0 Å². The van der Waals surface area contributed by atoms with Crippen LogP contribution in [0.3, 0.4) is 0 Å². The van der Waals surface area contributed by atoms with E-state index in [-0.39, 0.29) is 11.3 Å². The first-order valence-electron chi connectivity index (χ1n) is 10.2. The third kappa shape index (κ3) is 6.06. The zero-order chi connectivity index (χ0) is 22.4. The zero-order valence-electron chi connectivity index (χ0n) is 17.1. The van der Waals surface area contributed by atoms with Gasteiger partial charge in [-0.2, -0.15) is 0 Å². The van der Waals surface area contributed by atoms with Gasteiger partial charge in [-0.25, -0.2) is 8.78 Å². The van der Waals surface area contributed by atoms with Crippen LogP contribution >= 0.6 is 0 Å². The summed E-state index contributed by atoms with van der Waals surface area (Å²) in [4.78, 5) is 0. The van der Waals surface area contributed by atoms with Gasteiger partial charge in [0.15, 0.2) is 11.6 Å². The molecule has 6 heteroatoms. The molecule has 0 N–H and O–H groups in total. The van der Waals surface area contributed by atoms with Gasteiger partial charge >= 0.3 is 6.36 Å². The van der Waals surface area contributed by atoms with Gasteiger partial charge in [-0.05, 0) is 47.2 Å². The van der Waals surface area contributed by atoms with Crippen LogP contribution in [0.25, 0.3) is 22.3 Å². The van der Waals surface area contributed by atoms with Gasteiger partial charge in [0.1, 0.15) is 5.75 Å². The summed E-state index contributed by atoms with van der Waals surface area (Å²) in [6.07, 6.45) is -0.261. The Morgan fingerprint density at radius 2 is 1.26 bits per heavy atom. The number of halogens is 5. The minimum Gasteiger partial charge on any atom is -0.406 e. The Bertz CT molecular complexity index is 992. The molecule has 0 heterocycles. The van der Waals surface area contributed by atoms with Crippen molar-refractivity contribution in [2.45, 2.75) is 45.4 Å². The quantitative estimate of drug-likeness (QED) is 0.256. The van der Waals surface area contributed by atoms with Gasteiger partial charge in [-0.3, -0.25) is 0 Å². The lowest BCUT2D eigenvalue weighted by molar-refractivity contribution is -0.274. The average molecular weight is 434 g/mol. The molecule has 0 radical (unpaired) electrons. The van der Waals surface area contributed by atoms with Crippen LogP contribution in [-0.4, -0.2) is 6.36 Å². The molecule has 0 unspecified atom stereocenters. The summed E-state index contributed by atoms with van der Waals surface area (Å²) in [5, 5.41) is 0. The van der Waals surface area contributed by atoms with Gasteiger partial charge in [0, 0.05) is 5.56 Å². The molecule has 3 aromatic rings. The fraction of sp³-hybridized carbons (Fsp3) is 0.280. The van der Waals surface area contributed by atoms with Crippen molar-refractivity contribution >= 4 is 0 Å². The lowest BCUT2D eigenvalue weighted by Crippen LogP contribution is -2.16. The molecule has 164 valence electrons. The van der Waals surface area contributed by atoms with E-state index in [0.717, 1.165) is 31.2 Å². The maximum atomic E-state index is 14.6. The second kappa shape index (κ2) is 9.94. The summed E-state index contributed by atoms with van der Waals surface area (Å²) in [6, 6.07) is 15.4. The molecule has 0 aromatic heterocycles. The maximum Gasteiger partial charge on any atom is 0.573 e. The predicted molar refractivity (Wildman–Crippen MR) is 112 cm³/mol. The van der Waals surface area contributed by atoms with Crippen LogP contribution in [0, 0.1) is 11.6 Å². The van der Waals surface area contributed by atoms with Crippen LogP contribution in [0.1, 0.15) is 38.2 Å². The van der Waals surface area contributed by atoms with Crippen molar-refractivity contribution in [2.24, 2.45) is 0 Å². The van der Waals surface area contributed by atoms with Crippen molar-refractivity contribution in [3.8, 4) is 28.0 Å². The summed E-state index contributed by atoms with van der Waals surface area (Å²) < 4.78 is 69.8. The standard InChI is InChI=1S/C25H23F5O/c1-2-3-4-5-6-20-13-16-22(24(27)23(20)26)19-9-7-17(8-10-19)18-11-14-21(15-12-18)31-25(28,29)30/h7-16H,2-6H2,1H3. The predicted octanol–water partition coefficient (Wildman–Crippen LogP) is 8.32. The van der Waals surface area contributed by atoms with Crippen molar-refractivity contribution in [1.29, 1.82) is 0 Å². The molecule has 0 aliphatic carbocycles. The number of alkyl halides is 3. The molecule has 0 saturated heterocycles. The van der Waals surface area contributed by atoms with Gasteiger partial charge in [-0.1, -0.05) is 74.7 Å². The van der Waals surface area contributed by atoms with Gasteiger partial charge in [0.05, 0.1) is 0 Å². The van der Waals surface area contributed by atoms with E-state index in [2.05, 4.69) is 11.7 Å². The molecular formula is C25H23F5O.